The Morgan fingerprint density at radius 1 is 0.950 bits per heavy atom. The molecule has 0 aromatic heterocycles. The molecule has 1 aromatic rings. The number of fused-ring (bicyclic) bond motifs is 2. The molecular weight excluding hydrogens is 506 g/mol. The maximum absolute atomic E-state index is 14.6. The first-order valence-electron chi connectivity index (χ1n) is 14.3. The van der Waals surface area contributed by atoms with Gasteiger partial charge in [-0.3, -0.25) is 14.4 Å². The molecule has 5 rings (SSSR count). The molecule has 4 heterocycles. The SMILES string of the molecule is C[C@H](CO)N1C(=O)[C@@H]2[C@@H]3C(=O)N(c4ccccc4)CC=C[C@]3(C)O[C@@]23C=CCN(C(C)(C)CC(C)(C)C)C(=O)C13. The minimum Gasteiger partial charge on any atom is -0.394 e. The molecule has 8 nitrogen and oxygen atoms in total. The summed E-state index contributed by atoms with van der Waals surface area (Å²) in [5.74, 6) is -2.51. The Balaban J connectivity index is 1.64. The smallest absolute Gasteiger partial charge is 0.249 e. The number of aliphatic hydroxyl groups is 1. The summed E-state index contributed by atoms with van der Waals surface area (Å²) in [6.07, 6.45) is 8.34. The predicted molar refractivity (Wildman–Crippen MR) is 153 cm³/mol. The zero-order valence-electron chi connectivity index (χ0n) is 24.8. The second-order valence-corrected chi connectivity index (χ2v) is 13.9. The van der Waals surface area contributed by atoms with Gasteiger partial charge in [-0.05, 0) is 51.7 Å². The molecule has 2 saturated heterocycles. The van der Waals surface area contributed by atoms with E-state index in [1.165, 1.54) is 4.90 Å². The van der Waals surface area contributed by atoms with E-state index >= 15 is 0 Å². The second kappa shape index (κ2) is 9.55. The Labute approximate surface area is 237 Å². The number of carbonyl (C=O) groups excluding carboxylic acids is 3. The number of carbonyl (C=O) groups is 3. The number of rotatable bonds is 5. The molecule has 2 fully saturated rings. The van der Waals surface area contributed by atoms with Crippen LogP contribution in [0.3, 0.4) is 0 Å². The van der Waals surface area contributed by atoms with Gasteiger partial charge in [0.05, 0.1) is 30.1 Å². The molecule has 8 heteroatoms. The minimum absolute atomic E-state index is 0.0355. The molecule has 3 amide bonds. The quantitative estimate of drug-likeness (QED) is 0.568. The van der Waals surface area contributed by atoms with Crippen LogP contribution in [0.25, 0.3) is 0 Å². The lowest BCUT2D eigenvalue weighted by Crippen LogP contribution is -2.61. The first kappa shape index (κ1) is 28.6. The van der Waals surface area contributed by atoms with Gasteiger partial charge in [-0.2, -0.15) is 0 Å². The first-order valence-corrected chi connectivity index (χ1v) is 14.3. The van der Waals surface area contributed by atoms with E-state index in [1.54, 1.807) is 11.8 Å². The third-order valence-corrected chi connectivity index (χ3v) is 9.00. The van der Waals surface area contributed by atoms with Gasteiger partial charge in [0.2, 0.25) is 17.7 Å². The van der Waals surface area contributed by atoms with Gasteiger partial charge in [0.25, 0.3) is 0 Å². The fourth-order valence-corrected chi connectivity index (χ4v) is 7.80. The fraction of sp³-hybridized carbons (Fsp3) is 0.594. The van der Waals surface area contributed by atoms with Gasteiger partial charge in [-0.1, -0.05) is 63.3 Å². The van der Waals surface area contributed by atoms with Crippen LogP contribution in [0.15, 0.2) is 54.6 Å². The van der Waals surface area contributed by atoms with Gasteiger partial charge in [0.15, 0.2) is 0 Å². The lowest BCUT2D eigenvalue weighted by molar-refractivity contribution is -0.157. The number of hydrogen-bond donors (Lipinski definition) is 1. The molecule has 6 atom stereocenters. The van der Waals surface area contributed by atoms with E-state index < -0.39 is 40.7 Å². The minimum atomic E-state index is -1.34. The summed E-state index contributed by atoms with van der Waals surface area (Å²) in [6.45, 7) is 14.6. The number of nitrogens with zero attached hydrogens (tertiary/aromatic N) is 3. The van der Waals surface area contributed by atoms with Gasteiger partial charge in [-0.25, -0.2) is 0 Å². The van der Waals surface area contributed by atoms with Crippen molar-refractivity contribution < 1.29 is 24.2 Å². The summed E-state index contributed by atoms with van der Waals surface area (Å²) in [4.78, 5) is 48.4. The number of hydrogen-bond acceptors (Lipinski definition) is 5. The Morgan fingerprint density at radius 2 is 1.60 bits per heavy atom. The molecule has 0 aliphatic carbocycles. The average Bonchev–Trinajstić information content (AvgIpc) is 3.14. The highest BCUT2D eigenvalue weighted by molar-refractivity contribution is 6.04. The number of anilines is 1. The van der Waals surface area contributed by atoms with E-state index in [2.05, 4.69) is 34.6 Å². The molecule has 40 heavy (non-hydrogen) atoms. The van der Waals surface area contributed by atoms with Crippen molar-refractivity contribution in [1.82, 2.24) is 9.80 Å². The maximum Gasteiger partial charge on any atom is 0.249 e. The predicted octanol–water partition coefficient (Wildman–Crippen LogP) is 3.55. The molecule has 0 radical (unpaired) electrons. The lowest BCUT2D eigenvalue weighted by Gasteiger charge is -2.45. The van der Waals surface area contributed by atoms with E-state index in [1.807, 2.05) is 66.5 Å². The summed E-state index contributed by atoms with van der Waals surface area (Å²) < 4.78 is 6.90. The second-order valence-electron chi connectivity index (χ2n) is 13.9. The molecule has 0 saturated carbocycles. The highest BCUT2D eigenvalue weighted by atomic mass is 16.5. The van der Waals surface area contributed by atoms with Crippen molar-refractivity contribution in [2.45, 2.75) is 83.7 Å². The Kier molecular flexibility index (Phi) is 6.82. The molecular formula is C32H43N3O5. The van der Waals surface area contributed by atoms with Crippen LogP contribution in [0.2, 0.25) is 0 Å². The molecule has 0 bridgehead atoms. The van der Waals surface area contributed by atoms with Crippen LogP contribution < -0.4 is 4.90 Å². The highest BCUT2D eigenvalue weighted by Gasteiger charge is 2.75. The Hall–Kier alpha value is -2.97. The summed E-state index contributed by atoms with van der Waals surface area (Å²) in [5, 5.41) is 10.2. The van der Waals surface area contributed by atoms with Crippen molar-refractivity contribution in [3.63, 3.8) is 0 Å². The van der Waals surface area contributed by atoms with Crippen molar-refractivity contribution in [3.05, 3.63) is 54.6 Å². The van der Waals surface area contributed by atoms with Gasteiger partial charge >= 0.3 is 0 Å². The van der Waals surface area contributed by atoms with Crippen LogP contribution in [0.1, 0.15) is 54.9 Å². The summed E-state index contributed by atoms with van der Waals surface area (Å²) in [6, 6.07) is 7.79. The molecule has 1 spiro atoms. The van der Waals surface area contributed by atoms with E-state index in [4.69, 9.17) is 4.74 Å². The number of likely N-dealkylation sites (tertiary alicyclic amines) is 1. The molecule has 1 N–H and O–H groups in total. The van der Waals surface area contributed by atoms with E-state index in [0.29, 0.717) is 13.1 Å². The number of amides is 3. The highest BCUT2D eigenvalue weighted by Crippen LogP contribution is 2.58. The molecule has 1 aromatic carbocycles. The van der Waals surface area contributed by atoms with Gasteiger partial charge in [0, 0.05) is 24.3 Å². The molecule has 216 valence electrons. The maximum atomic E-state index is 14.6. The van der Waals surface area contributed by atoms with Crippen LogP contribution >= 0.6 is 0 Å². The van der Waals surface area contributed by atoms with Gasteiger partial charge < -0.3 is 24.5 Å². The van der Waals surface area contributed by atoms with Gasteiger partial charge in [0.1, 0.15) is 11.6 Å². The summed E-state index contributed by atoms with van der Waals surface area (Å²) >= 11 is 0. The topological polar surface area (TPSA) is 90.4 Å². The van der Waals surface area contributed by atoms with Crippen molar-refractivity contribution in [2.24, 2.45) is 17.3 Å². The lowest BCUT2D eigenvalue weighted by atomic mass is 9.74. The monoisotopic (exact) mass is 549 g/mol. The van der Waals surface area contributed by atoms with Crippen LogP contribution in [0.5, 0.6) is 0 Å². The number of ether oxygens (including phenoxy) is 1. The van der Waals surface area contributed by atoms with Crippen LogP contribution in [0, 0.1) is 17.3 Å². The number of benzene rings is 1. The molecule has 4 aliphatic rings. The van der Waals surface area contributed by atoms with Gasteiger partial charge in [-0.15, -0.1) is 0 Å². The zero-order chi connectivity index (χ0) is 29.3. The molecule has 1 unspecified atom stereocenters. The number of para-hydroxylation sites is 1. The average molecular weight is 550 g/mol. The standard InChI is InChI=1S/C32H43N3O5/c1-21(19-36)35-25-28(39)34(30(5,6)20-29(2,3)4)18-12-16-32(25)24(27(35)38)23-26(37)33(22-13-9-8-10-14-22)17-11-15-31(23,7)40-32/h8-16,21,23-25,36H,17-20H2,1-7H3/t21-,23-,24+,25?,31+,32+/m1/s1. The van der Waals surface area contributed by atoms with E-state index in [-0.39, 0.29) is 29.7 Å². The van der Waals surface area contributed by atoms with Crippen molar-refractivity contribution in [2.75, 3.05) is 24.6 Å². The molecule has 4 aliphatic heterocycles. The zero-order valence-corrected chi connectivity index (χ0v) is 24.8. The third kappa shape index (κ3) is 4.31. The van der Waals surface area contributed by atoms with E-state index in [0.717, 1.165) is 12.1 Å². The first-order chi connectivity index (χ1) is 18.7. The summed E-state index contributed by atoms with van der Waals surface area (Å²) in [7, 11) is 0. The third-order valence-electron chi connectivity index (χ3n) is 9.00. The van der Waals surface area contributed by atoms with Crippen LogP contribution in [-0.4, -0.2) is 81.1 Å². The van der Waals surface area contributed by atoms with Crippen LogP contribution in [0.4, 0.5) is 5.69 Å². The summed E-state index contributed by atoms with van der Waals surface area (Å²) in [5.41, 5.74) is -2.23. The van der Waals surface area contributed by atoms with E-state index in [9.17, 15) is 19.5 Å². The largest absolute Gasteiger partial charge is 0.394 e. The Bertz CT molecular complexity index is 1250. The van der Waals surface area contributed by atoms with Crippen molar-refractivity contribution in [3.8, 4) is 0 Å². The fourth-order valence-electron chi connectivity index (χ4n) is 7.80. The van der Waals surface area contributed by atoms with Crippen molar-refractivity contribution in [1.29, 1.82) is 0 Å². The number of aliphatic hydroxyl groups excluding tert-OH is 1. The van der Waals surface area contributed by atoms with Crippen molar-refractivity contribution >= 4 is 23.4 Å². The van der Waals surface area contributed by atoms with Crippen LogP contribution in [-0.2, 0) is 19.1 Å². The Morgan fingerprint density at radius 3 is 2.23 bits per heavy atom. The normalized spacial score (nSPS) is 33.0.